The zero-order valence-electron chi connectivity index (χ0n) is 14.7. The zero-order valence-corrected chi connectivity index (χ0v) is 14.7. The van der Waals surface area contributed by atoms with Crippen LogP contribution in [0.5, 0.6) is 0 Å². The summed E-state index contributed by atoms with van der Waals surface area (Å²) in [6, 6.07) is 2.05. The van der Waals surface area contributed by atoms with E-state index < -0.39 is 5.54 Å². The van der Waals surface area contributed by atoms with E-state index in [9.17, 15) is 9.59 Å². The number of hydrogen-bond donors (Lipinski definition) is 2. The summed E-state index contributed by atoms with van der Waals surface area (Å²) in [5.41, 5.74) is 10.2. The Balaban J connectivity index is 2.31. The number of benzene rings is 1. The number of rotatable bonds is 5. The van der Waals surface area contributed by atoms with Gasteiger partial charge in [0.25, 0.3) is 0 Å². The standard InChI is InChI=1S/C19H28N2O2/c1-12-10-13(2)17(15(4)22)14(3)16(12)11-21-19(18(20)23)8-6-5-7-9-19/h10,21H,5-9,11H2,1-4H3,(H2,20,23). The molecular formula is C19H28N2O2. The first-order valence-electron chi connectivity index (χ1n) is 8.44. The minimum atomic E-state index is -0.599. The molecule has 1 fully saturated rings. The second-order valence-corrected chi connectivity index (χ2v) is 6.91. The lowest BCUT2D eigenvalue weighted by Crippen LogP contribution is -2.56. The number of primary amides is 1. The highest BCUT2D eigenvalue weighted by Crippen LogP contribution is 2.29. The third kappa shape index (κ3) is 3.47. The van der Waals surface area contributed by atoms with Crippen molar-refractivity contribution in [2.45, 2.75) is 71.9 Å². The van der Waals surface area contributed by atoms with Crippen LogP contribution in [0.1, 0.15) is 71.6 Å². The highest BCUT2D eigenvalue weighted by molar-refractivity contribution is 5.97. The minimum Gasteiger partial charge on any atom is -0.368 e. The topological polar surface area (TPSA) is 72.2 Å². The Morgan fingerprint density at radius 3 is 2.26 bits per heavy atom. The molecule has 2 rings (SSSR count). The van der Waals surface area contributed by atoms with E-state index in [2.05, 4.69) is 18.3 Å². The van der Waals surface area contributed by atoms with E-state index in [0.717, 1.165) is 59.9 Å². The van der Waals surface area contributed by atoms with Crippen LogP contribution in [0.25, 0.3) is 0 Å². The number of aryl methyl sites for hydroxylation is 2. The van der Waals surface area contributed by atoms with Gasteiger partial charge in [-0.3, -0.25) is 14.9 Å². The molecule has 0 radical (unpaired) electrons. The monoisotopic (exact) mass is 316 g/mol. The molecule has 0 unspecified atom stereocenters. The molecule has 1 amide bonds. The average molecular weight is 316 g/mol. The molecular weight excluding hydrogens is 288 g/mol. The molecule has 3 N–H and O–H groups in total. The van der Waals surface area contributed by atoms with Gasteiger partial charge in [-0.25, -0.2) is 0 Å². The molecule has 0 bridgehead atoms. The molecule has 0 heterocycles. The van der Waals surface area contributed by atoms with Gasteiger partial charge in [0.1, 0.15) is 0 Å². The van der Waals surface area contributed by atoms with Crippen molar-refractivity contribution in [2.24, 2.45) is 5.73 Å². The summed E-state index contributed by atoms with van der Waals surface area (Å²) in [6.07, 6.45) is 4.81. The second-order valence-electron chi connectivity index (χ2n) is 6.91. The molecule has 0 aromatic heterocycles. The van der Waals surface area contributed by atoms with Gasteiger partial charge >= 0.3 is 0 Å². The maximum absolute atomic E-state index is 12.0. The Labute approximate surface area is 138 Å². The van der Waals surface area contributed by atoms with Crippen LogP contribution in [0.4, 0.5) is 0 Å². The van der Waals surface area contributed by atoms with Crippen molar-refractivity contribution in [3.8, 4) is 0 Å². The van der Waals surface area contributed by atoms with Gasteiger partial charge in [-0.1, -0.05) is 25.3 Å². The molecule has 4 nitrogen and oxygen atoms in total. The maximum Gasteiger partial charge on any atom is 0.237 e. The fourth-order valence-corrected chi connectivity index (χ4v) is 3.96. The summed E-state index contributed by atoms with van der Waals surface area (Å²) in [7, 11) is 0. The molecule has 4 heteroatoms. The van der Waals surface area contributed by atoms with Gasteiger partial charge in [0, 0.05) is 12.1 Å². The van der Waals surface area contributed by atoms with Gasteiger partial charge in [-0.05, 0) is 62.8 Å². The summed E-state index contributed by atoms with van der Waals surface area (Å²) < 4.78 is 0. The van der Waals surface area contributed by atoms with E-state index >= 15 is 0 Å². The third-order valence-electron chi connectivity index (χ3n) is 5.27. The maximum atomic E-state index is 12.0. The molecule has 23 heavy (non-hydrogen) atoms. The smallest absolute Gasteiger partial charge is 0.237 e. The van der Waals surface area contributed by atoms with Crippen LogP contribution in [-0.4, -0.2) is 17.2 Å². The van der Waals surface area contributed by atoms with E-state index in [-0.39, 0.29) is 11.7 Å². The Morgan fingerprint density at radius 2 is 1.74 bits per heavy atom. The summed E-state index contributed by atoms with van der Waals surface area (Å²) in [5.74, 6) is -0.171. The van der Waals surface area contributed by atoms with Crippen LogP contribution in [-0.2, 0) is 11.3 Å². The molecule has 1 aliphatic carbocycles. The Morgan fingerprint density at radius 1 is 1.13 bits per heavy atom. The van der Waals surface area contributed by atoms with Gasteiger partial charge < -0.3 is 5.73 Å². The first-order valence-corrected chi connectivity index (χ1v) is 8.44. The van der Waals surface area contributed by atoms with Crippen LogP contribution in [0.2, 0.25) is 0 Å². The van der Waals surface area contributed by atoms with Crippen molar-refractivity contribution in [1.82, 2.24) is 5.32 Å². The molecule has 0 atom stereocenters. The lowest BCUT2D eigenvalue weighted by atomic mass is 9.80. The van der Waals surface area contributed by atoms with Crippen LogP contribution >= 0.6 is 0 Å². The SMILES string of the molecule is CC(=O)c1c(C)cc(C)c(CNC2(C(N)=O)CCCCC2)c1C. The normalized spacial score (nSPS) is 17.0. The first kappa shape index (κ1) is 17.7. The van der Waals surface area contributed by atoms with Crippen LogP contribution in [0, 0.1) is 20.8 Å². The van der Waals surface area contributed by atoms with Crippen LogP contribution in [0.15, 0.2) is 6.07 Å². The molecule has 1 aromatic carbocycles. The number of amides is 1. The summed E-state index contributed by atoms with van der Waals surface area (Å²) in [5, 5.41) is 3.43. The summed E-state index contributed by atoms with van der Waals surface area (Å²) in [4.78, 5) is 23.9. The van der Waals surface area contributed by atoms with E-state index in [1.54, 1.807) is 6.92 Å². The Hall–Kier alpha value is -1.68. The van der Waals surface area contributed by atoms with E-state index in [4.69, 9.17) is 5.73 Å². The predicted octanol–water partition coefficient (Wildman–Crippen LogP) is 3.09. The molecule has 1 saturated carbocycles. The highest BCUT2D eigenvalue weighted by Gasteiger charge is 2.37. The fraction of sp³-hybridized carbons (Fsp3) is 0.579. The number of carbonyl (C=O) groups is 2. The molecule has 0 saturated heterocycles. The first-order chi connectivity index (χ1) is 10.8. The zero-order chi connectivity index (χ0) is 17.2. The van der Waals surface area contributed by atoms with Gasteiger partial charge in [0.15, 0.2) is 5.78 Å². The Bertz CT molecular complexity index is 629. The lowest BCUT2D eigenvalue weighted by Gasteiger charge is -2.35. The number of Topliss-reactive ketones (excluding diaryl/α,β-unsaturated/α-hetero) is 1. The molecule has 1 aromatic rings. The van der Waals surface area contributed by atoms with Crippen molar-refractivity contribution in [3.63, 3.8) is 0 Å². The molecule has 0 aliphatic heterocycles. The third-order valence-corrected chi connectivity index (χ3v) is 5.27. The summed E-state index contributed by atoms with van der Waals surface area (Å²) in [6.45, 7) is 8.19. The summed E-state index contributed by atoms with van der Waals surface area (Å²) >= 11 is 0. The number of nitrogens with one attached hydrogen (secondary N) is 1. The predicted molar refractivity (Wildman–Crippen MR) is 92.5 cm³/mol. The van der Waals surface area contributed by atoms with Crippen molar-refractivity contribution in [3.05, 3.63) is 33.9 Å². The number of carbonyl (C=O) groups excluding carboxylic acids is 2. The minimum absolute atomic E-state index is 0.0866. The van der Waals surface area contributed by atoms with E-state index in [1.165, 1.54) is 0 Å². The highest BCUT2D eigenvalue weighted by atomic mass is 16.1. The quantitative estimate of drug-likeness (QED) is 0.820. The number of hydrogen-bond acceptors (Lipinski definition) is 3. The molecule has 126 valence electrons. The van der Waals surface area contributed by atoms with Crippen molar-refractivity contribution in [1.29, 1.82) is 0 Å². The van der Waals surface area contributed by atoms with Gasteiger partial charge in [0.05, 0.1) is 5.54 Å². The van der Waals surface area contributed by atoms with Crippen molar-refractivity contribution >= 4 is 11.7 Å². The van der Waals surface area contributed by atoms with Crippen molar-refractivity contribution in [2.75, 3.05) is 0 Å². The van der Waals surface area contributed by atoms with Crippen LogP contribution in [0.3, 0.4) is 0 Å². The van der Waals surface area contributed by atoms with Gasteiger partial charge in [-0.15, -0.1) is 0 Å². The fourth-order valence-electron chi connectivity index (χ4n) is 3.96. The second kappa shape index (κ2) is 6.83. The van der Waals surface area contributed by atoms with Gasteiger partial charge in [-0.2, -0.15) is 0 Å². The number of nitrogens with two attached hydrogens (primary N) is 1. The largest absolute Gasteiger partial charge is 0.368 e. The van der Waals surface area contributed by atoms with Crippen molar-refractivity contribution < 1.29 is 9.59 Å². The van der Waals surface area contributed by atoms with E-state index in [0.29, 0.717) is 6.54 Å². The Kier molecular flexibility index (Phi) is 5.25. The van der Waals surface area contributed by atoms with Crippen LogP contribution < -0.4 is 11.1 Å². The average Bonchev–Trinajstić information content (AvgIpc) is 2.46. The number of ketones is 1. The molecule has 1 aliphatic rings. The molecule has 0 spiro atoms. The lowest BCUT2D eigenvalue weighted by molar-refractivity contribution is -0.125. The van der Waals surface area contributed by atoms with Gasteiger partial charge in [0.2, 0.25) is 5.91 Å². The van der Waals surface area contributed by atoms with E-state index in [1.807, 2.05) is 13.8 Å².